The Hall–Kier alpha value is -3.78. The number of ether oxygens (including phenoxy) is 1. The van der Waals surface area contributed by atoms with Crippen molar-refractivity contribution in [1.29, 1.82) is 0 Å². The zero-order valence-corrected chi connectivity index (χ0v) is 19.7. The summed E-state index contributed by atoms with van der Waals surface area (Å²) in [5.74, 6) is -2.05. The summed E-state index contributed by atoms with van der Waals surface area (Å²) in [7, 11) is 0. The second-order valence-electron chi connectivity index (χ2n) is 7.14. The number of halogens is 1. The first-order chi connectivity index (χ1) is 15.9. The van der Waals surface area contributed by atoms with Crippen LogP contribution in [0.5, 0.6) is 5.75 Å². The van der Waals surface area contributed by atoms with Crippen LogP contribution in [0.3, 0.4) is 0 Å². The van der Waals surface area contributed by atoms with Crippen molar-refractivity contribution in [3.63, 3.8) is 0 Å². The van der Waals surface area contributed by atoms with Gasteiger partial charge in [-0.1, -0.05) is 52.7 Å². The van der Waals surface area contributed by atoms with Crippen LogP contribution in [0.15, 0.2) is 76.3 Å². The maximum atomic E-state index is 12.4. The van der Waals surface area contributed by atoms with E-state index < -0.39 is 17.8 Å². The third-order valence-corrected chi connectivity index (χ3v) is 5.15. The Labute approximate surface area is 200 Å². The molecule has 0 saturated carbocycles. The molecule has 0 heterocycles. The number of nitrogens with zero attached hydrogens (tertiary/aromatic N) is 1. The quantitative estimate of drug-likeness (QED) is 0.167. The van der Waals surface area contributed by atoms with Crippen LogP contribution < -0.4 is 15.5 Å². The van der Waals surface area contributed by atoms with Gasteiger partial charge in [0.25, 0.3) is 0 Å². The van der Waals surface area contributed by atoms with Gasteiger partial charge in [-0.2, -0.15) is 5.10 Å². The molecule has 2 amide bonds. The lowest BCUT2D eigenvalue weighted by Crippen LogP contribution is -2.32. The van der Waals surface area contributed by atoms with Gasteiger partial charge in [-0.15, -0.1) is 0 Å². The highest BCUT2D eigenvalue weighted by molar-refractivity contribution is 9.10. The molecule has 33 heavy (non-hydrogen) atoms. The lowest BCUT2D eigenvalue weighted by Gasteiger charge is -2.08. The number of rotatable bonds is 6. The molecule has 7 nitrogen and oxygen atoms in total. The first-order valence-corrected chi connectivity index (χ1v) is 11.0. The average molecular weight is 508 g/mol. The third kappa shape index (κ3) is 6.85. The van der Waals surface area contributed by atoms with E-state index in [1.807, 2.05) is 38.1 Å². The van der Waals surface area contributed by atoms with Crippen molar-refractivity contribution < 1.29 is 19.1 Å². The van der Waals surface area contributed by atoms with Gasteiger partial charge in [-0.05, 0) is 61.4 Å². The van der Waals surface area contributed by atoms with E-state index in [0.717, 1.165) is 22.0 Å². The molecule has 168 valence electrons. The van der Waals surface area contributed by atoms with E-state index in [4.69, 9.17) is 4.74 Å². The second-order valence-corrected chi connectivity index (χ2v) is 8.06. The lowest BCUT2D eigenvalue weighted by atomic mass is 10.1. The number of carbonyl (C=O) groups excluding carboxylic acids is 3. The Balaban J connectivity index is 1.64. The zero-order chi connectivity index (χ0) is 23.8. The molecule has 2 N–H and O–H groups in total. The number of esters is 1. The normalized spacial score (nSPS) is 10.6. The first-order valence-electron chi connectivity index (χ1n) is 10.2. The summed E-state index contributed by atoms with van der Waals surface area (Å²) in [4.78, 5) is 36.6. The molecule has 0 fully saturated rings. The van der Waals surface area contributed by atoms with Gasteiger partial charge in [0.15, 0.2) is 0 Å². The summed E-state index contributed by atoms with van der Waals surface area (Å²) < 4.78 is 6.21. The summed E-state index contributed by atoms with van der Waals surface area (Å²) >= 11 is 3.35. The van der Waals surface area contributed by atoms with E-state index in [0.29, 0.717) is 16.8 Å². The van der Waals surface area contributed by atoms with Gasteiger partial charge in [-0.3, -0.25) is 9.59 Å². The fraction of sp³-hybridized carbons (Fsp3) is 0.120. The van der Waals surface area contributed by atoms with Crippen LogP contribution in [0.25, 0.3) is 0 Å². The summed E-state index contributed by atoms with van der Waals surface area (Å²) in [6.07, 6.45) is 2.17. The number of aryl methyl sites for hydroxylation is 2. The molecule has 0 unspecified atom stereocenters. The monoisotopic (exact) mass is 507 g/mol. The fourth-order valence-electron chi connectivity index (χ4n) is 2.78. The number of anilines is 1. The Morgan fingerprint density at radius 2 is 1.67 bits per heavy atom. The van der Waals surface area contributed by atoms with Crippen LogP contribution in [-0.2, 0) is 16.0 Å². The molecule has 0 radical (unpaired) electrons. The Kier molecular flexibility index (Phi) is 8.10. The van der Waals surface area contributed by atoms with Crippen LogP contribution in [-0.4, -0.2) is 24.0 Å². The van der Waals surface area contributed by atoms with Crippen LogP contribution in [0.1, 0.15) is 34.0 Å². The fourth-order valence-corrected chi connectivity index (χ4v) is 3.16. The van der Waals surface area contributed by atoms with E-state index in [1.165, 1.54) is 6.21 Å². The van der Waals surface area contributed by atoms with E-state index in [2.05, 4.69) is 31.8 Å². The Morgan fingerprint density at radius 3 is 2.33 bits per heavy atom. The molecule has 3 aromatic carbocycles. The number of hydrogen-bond donors (Lipinski definition) is 2. The molecular weight excluding hydrogens is 486 g/mol. The van der Waals surface area contributed by atoms with Crippen LogP contribution in [0.2, 0.25) is 0 Å². The number of nitrogens with one attached hydrogen (secondary N) is 2. The molecule has 0 aliphatic carbocycles. The topological polar surface area (TPSA) is 96.9 Å². The van der Waals surface area contributed by atoms with Crippen molar-refractivity contribution >= 4 is 45.6 Å². The van der Waals surface area contributed by atoms with Gasteiger partial charge in [0.2, 0.25) is 0 Å². The van der Waals surface area contributed by atoms with Gasteiger partial charge < -0.3 is 10.1 Å². The number of benzene rings is 3. The SMILES string of the molecule is CCc1ccc(NC(=O)C(=O)N/N=C\c2cc(Br)ccc2OC(=O)c2ccc(C)cc2)cc1. The minimum atomic E-state index is -0.931. The van der Waals surface area contributed by atoms with Gasteiger partial charge in [0.1, 0.15) is 5.75 Å². The van der Waals surface area contributed by atoms with E-state index >= 15 is 0 Å². The molecule has 3 rings (SSSR count). The highest BCUT2D eigenvalue weighted by atomic mass is 79.9. The highest BCUT2D eigenvalue weighted by Gasteiger charge is 2.14. The van der Waals surface area contributed by atoms with Gasteiger partial charge in [0, 0.05) is 15.7 Å². The van der Waals surface area contributed by atoms with E-state index in [9.17, 15) is 14.4 Å². The van der Waals surface area contributed by atoms with Crippen molar-refractivity contribution in [3.05, 3.63) is 93.5 Å². The standard InChI is InChI=1S/C25H22BrN3O4/c1-3-17-6-11-21(12-7-17)28-23(30)24(31)29-27-15-19-14-20(26)10-13-22(19)33-25(32)18-8-4-16(2)5-9-18/h4-15H,3H2,1-2H3,(H,28,30)(H,29,31)/b27-15-. The molecule has 0 saturated heterocycles. The van der Waals surface area contributed by atoms with Crippen LogP contribution in [0, 0.1) is 6.92 Å². The molecular formula is C25H22BrN3O4. The molecule has 3 aromatic rings. The minimum Gasteiger partial charge on any atom is -0.422 e. The number of hydrazone groups is 1. The minimum absolute atomic E-state index is 0.252. The zero-order valence-electron chi connectivity index (χ0n) is 18.1. The summed E-state index contributed by atoms with van der Waals surface area (Å²) in [5.41, 5.74) is 5.67. The lowest BCUT2D eigenvalue weighted by molar-refractivity contribution is -0.136. The maximum Gasteiger partial charge on any atom is 0.343 e. The van der Waals surface area contributed by atoms with Crippen molar-refractivity contribution in [2.75, 3.05) is 5.32 Å². The molecule has 0 aliphatic heterocycles. The molecule has 0 spiro atoms. The molecule has 0 aromatic heterocycles. The molecule has 8 heteroatoms. The van der Waals surface area contributed by atoms with Crippen LogP contribution in [0.4, 0.5) is 5.69 Å². The number of carbonyl (C=O) groups is 3. The molecule has 0 atom stereocenters. The molecule has 0 bridgehead atoms. The first kappa shape index (κ1) is 23.9. The largest absolute Gasteiger partial charge is 0.422 e. The maximum absolute atomic E-state index is 12.4. The molecule has 0 aliphatic rings. The predicted molar refractivity (Wildman–Crippen MR) is 130 cm³/mol. The van der Waals surface area contributed by atoms with Gasteiger partial charge in [0.05, 0.1) is 11.8 Å². The summed E-state index contributed by atoms with van der Waals surface area (Å²) in [6, 6.07) is 19.2. The van der Waals surface area contributed by atoms with Gasteiger partial charge >= 0.3 is 17.8 Å². The van der Waals surface area contributed by atoms with Crippen LogP contribution >= 0.6 is 15.9 Å². The predicted octanol–water partition coefficient (Wildman–Crippen LogP) is 4.63. The van der Waals surface area contributed by atoms with Crippen molar-refractivity contribution in [2.45, 2.75) is 20.3 Å². The number of amides is 2. The van der Waals surface area contributed by atoms with E-state index in [1.54, 1.807) is 42.5 Å². The van der Waals surface area contributed by atoms with Crippen molar-refractivity contribution in [2.24, 2.45) is 5.10 Å². The average Bonchev–Trinajstić information content (AvgIpc) is 2.81. The third-order valence-electron chi connectivity index (χ3n) is 4.66. The summed E-state index contributed by atoms with van der Waals surface area (Å²) in [5, 5.41) is 6.34. The highest BCUT2D eigenvalue weighted by Crippen LogP contribution is 2.23. The second kappa shape index (κ2) is 11.2. The van der Waals surface area contributed by atoms with Gasteiger partial charge in [-0.25, -0.2) is 10.2 Å². The van der Waals surface area contributed by atoms with Crippen molar-refractivity contribution in [1.82, 2.24) is 5.43 Å². The van der Waals surface area contributed by atoms with Crippen molar-refractivity contribution in [3.8, 4) is 5.75 Å². The smallest absolute Gasteiger partial charge is 0.343 e. The summed E-state index contributed by atoms with van der Waals surface area (Å²) in [6.45, 7) is 3.95. The number of hydrogen-bond acceptors (Lipinski definition) is 5. The van der Waals surface area contributed by atoms with E-state index in [-0.39, 0.29) is 5.75 Å². The Morgan fingerprint density at radius 1 is 0.970 bits per heavy atom. The Bertz CT molecular complexity index is 1190.